The van der Waals surface area contributed by atoms with Crippen molar-refractivity contribution >= 4 is 28.5 Å². The Labute approximate surface area is 153 Å². The van der Waals surface area contributed by atoms with E-state index in [9.17, 15) is 9.59 Å². The third-order valence-electron chi connectivity index (χ3n) is 3.73. The van der Waals surface area contributed by atoms with Gasteiger partial charge in [0.15, 0.2) is 0 Å². The van der Waals surface area contributed by atoms with Gasteiger partial charge in [-0.05, 0) is 46.8 Å². The molecule has 26 heavy (non-hydrogen) atoms. The molecule has 6 nitrogen and oxygen atoms in total. The molecule has 140 valence electrons. The lowest BCUT2D eigenvalue weighted by Crippen LogP contribution is -2.53. The van der Waals surface area contributed by atoms with Gasteiger partial charge < -0.3 is 20.1 Å². The number of methoxy groups -OCH3 is 1. The second-order valence-corrected chi connectivity index (χ2v) is 7.57. The Morgan fingerprint density at radius 1 is 0.923 bits per heavy atom. The first-order valence-corrected chi connectivity index (χ1v) is 8.42. The van der Waals surface area contributed by atoms with E-state index in [2.05, 4.69) is 10.6 Å². The van der Waals surface area contributed by atoms with E-state index in [0.29, 0.717) is 5.69 Å². The molecule has 0 spiro atoms. The largest absolute Gasteiger partial charge is 0.496 e. The highest BCUT2D eigenvalue weighted by atomic mass is 16.6. The van der Waals surface area contributed by atoms with Gasteiger partial charge in [-0.1, -0.05) is 24.3 Å². The summed E-state index contributed by atoms with van der Waals surface area (Å²) in [6, 6.07) is 11.2. The summed E-state index contributed by atoms with van der Waals surface area (Å²) >= 11 is 0. The number of nitrogens with one attached hydrogen (secondary N) is 2. The fourth-order valence-corrected chi connectivity index (χ4v) is 2.45. The first-order chi connectivity index (χ1) is 12.0. The van der Waals surface area contributed by atoms with E-state index in [1.807, 2.05) is 24.3 Å². The summed E-state index contributed by atoms with van der Waals surface area (Å²) in [7, 11) is 1.61. The van der Waals surface area contributed by atoms with Crippen LogP contribution in [-0.2, 0) is 9.53 Å². The summed E-state index contributed by atoms with van der Waals surface area (Å²) in [5.74, 6) is 0.378. The number of fused-ring (bicyclic) bond motifs is 1. The molecule has 0 saturated heterocycles. The van der Waals surface area contributed by atoms with Crippen molar-refractivity contribution in [2.24, 2.45) is 0 Å². The zero-order chi connectivity index (χ0) is 19.5. The molecule has 0 atom stereocenters. The lowest BCUT2D eigenvalue weighted by atomic mass is 10.0. The van der Waals surface area contributed by atoms with Crippen LogP contribution in [-0.4, -0.2) is 30.3 Å². The fourth-order valence-electron chi connectivity index (χ4n) is 2.45. The second kappa shape index (κ2) is 7.23. The molecule has 2 aromatic rings. The molecule has 0 heterocycles. The third-order valence-corrected chi connectivity index (χ3v) is 3.73. The topological polar surface area (TPSA) is 76.7 Å². The lowest BCUT2D eigenvalue weighted by Gasteiger charge is -2.28. The maximum Gasteiger partial charge on any atom is 0.408 e. The molecular weight excluding hydrogens is 332 g/mol. The smallest absolute Gasteiger partial charge is 0.408 e. The first-order valence-electron chi connectivity index (χ1n) is 8.42. The van der Waals surface area contributed by atoms with Crippen molar-refractivity contribution in [1.29, 1.82) is 0 Å². The van der Waals surface area contributed by atoms with Gasteiger partial charge in [0.25, 0.3) is 0 Å². The molecule has 0 aliphatic rings. The van der Waals surface area contributed by atoms with Gasteiger partial charge in [0.2, 0.25) is 5.91 Å². The molecule has 0 aliphatic carbocycles. The minimum absolute atomic E-state index is 0.348. The van der Waals surface area contributed by atoms with Crippen LogP contribution in [0.15, 0.2) is 36.4 Å². The molecule has 0 bridgehead atoms. The number of benzene rings is 2. The lowest BCUT2D eigenvalue weighted by molar-refractivity contribution is -0.121. The van der Waals surface area contributed by atoms with Crippen LogP contribution >= 0.6 is 0 Å². The summed E-state index contributed by atoms with van der Waals surface area (Å²) in [6.45, 7) is 8.55. The molecule has 2 rings (SSSR count). The third kappa shape index (κ3) is 4.65. The van der Waals surface area contributed by atoms with E-state index in [1.165, 1.54) is 0 Å². The number of hydrogen-bond donors (Lipinski definition) is 2. The Hall–Kier alpha value is -2.76. The Balaban J connectivity index is 2.21. The molecule has 2 aromatic carbocycles. The molecule has 0 radical (unpaired) electrons. The monoisotopic (exact) mass is 358 g/mol. The molecule has 2 N–H and O–H groups in total. The van der Waals surface area contributed by atoms with E-state index in [0.717, 1.165) is 16.5 Å². The highest BCUT2D eigenvalue weighted by Crippen LogP contribution is 2.31. The van der Waals surface area contributed by atoms with Crippen molar-refractivity contribution in [1.82, 2.24) is 5.32 Å². The first kappa shape index (κ1) is 19.6. The average molecular weight is 358 g/mol. The highest BCUT2D eigenvalue weighted by molar-refractivity contribution is 6.07. The molecule has 0 aliphatic heterocycles. The normalized spacial score (nSPS) is 11.8. The molecule has 6 heteroatoms. The zero-order valence-corrected chi connectivity index (χ0v) is 16.1. The SMILES string of the molecule is COc1ccc(NC(=O)C(C)(C)NC(=O)OC(C)(C)C)c2ccccc12. The van der Waals surface area contributed by atoms with Gasteiger partial charge in [0.1, 0.15) is 16.9 Å². The predicted molar refractivity (Wildman–Crippen MR) is 103 cm³/mol. The Morgan fingerprint density at radius 2 is 1.54 bits per heavy atom. The van der Waals surface area contributed by atoms with E-state index in [4.69, 9.17) is 9.47 Å². The van der Waals surface area contributed by atoms with Crippen molar-refractivity contribution in [2.75, 3.05) is 12.4 Å². The standard InChI is InChI=1S/C20H26N2O4/c1-19(2,3)26-18(24)22-20(4,5)17(23)21-15-11-12-16(25-6)14-10-8-7-9-13(14)15/h7-12H,1-6H3,(H,21,23)(H,22,24). The molecule has 0 aromatic heterocycles. The number of hydrogen-bond acceptors (Lipinski definition) is 4. The number of rotatable bonds is 4. The highest BCUT2D eigenvalue weighted by Gasteiger charge is 2.32. The van der Waals surface area contributed by atoms with Crippen LogP contribution in [0.3, 0.4) is 0 Å². The Kier molecular flexibility index (Phi) is 5.44. The van der Waals surface area contributed by atoms with Crippen LogP contribution in [0, 0.1) is 0 Å². The van der Waals surface area contributed by atoms with Crippen molar-refractivity contribution in [3.05, 3.63) is 36.4 Å². The Bertz CT molecular complexity index is 822. The minimum atomic E-state index is -1.15. The van der Waals surface area contributed by atoms with Crippen molar-refractivity contribution in [3.8, 4) is 5.75 Å². The maximum atomic E-state index is 12.7. The van der Waals surface area contributed by atoms with Crippen molar-refractivity contribution in [2.45, 2.75) is 45.8 Å². The quantitative estimate of drug-likeness (QED) is 0.863. The Morgan fingerprint density at radius 3 is 2.12 bits per heavy atom. The summed E-state index contributed by atoms with van der Waals surface area (Å²) < 4.78 is 10.6. The van der Waals surface area contributed by atoms with Crippen molar-refractivity contribution in [3.63, 3.8) is 0 Å². The number of amides is 2. The van der Waals surface area contributed by atoms with Crippen LogP contribution in [0.5, 0.6) is 5.75 Å². The van der Waals surface area contributed by atoms with Gasteiger partial charge in [-0.3, -0.25) is 4.79 Å². The summed E-state index contributed by atoms with van der Waals surface area (Å²) in [5.41, 5.74) is -1.14. The second-order valence-electron chi connectivity index (χ2n) is 7.57. The number of carbonyl (C=O) groups excluding carboxylic acids is 2. The van der Waals surface area contributed by atoms with Crippen LogP contribution in [0.2, 0.25) is 0 Å². The maximum absolute atomic E-state index is 12.7. The minimum Gasteiger partial charge on any atom is -0.496 e. The average Bonchev–Trinajstić information content (AvgIpc) is 2.52. The summed E-state index contributed by atoms with van der Waals surface area (Å²) in [5, 5.41) is 7.23. The number of anilines is 1. The summed E-state index contributed by atoms with van der Waals surface area (Å²) in [6.07, 6.45) is -0.641. The van der Waals surface area contributed by atoms with E-state index in [1.54, 1.807) is 53.9 Å². The summed E-state index contributed by atoms with van der Waals surface area (Å²) in [4.78, 5) is 24.7. The van der Waals surface area contributed by atoms with Gasteiger partial charge in [-0.15, -0.1) is 0 Å². The van der Waals surface area contributed by atoms with Gasteiger partial charge in [0.05, 0.1) is 7.11 Å². The van der Waals surface area contributed by atoms with E-state index < -0.39 is 17.2 Å². The molecule has 0 fully saturated rings. The van der Waals surface area contributed by atoms with Crippen LogP contribution in [0.25, 0.3) is 10.8 Å². The van der Waals surface area contributed by atoms with Gasteiger partial charge in [0, 0.05) is 16.5 Å². The molecular formula is C20H26N2O4. The van der Waals surface area contributed by atoms with Crippen LogP contribution in [0.4, 0.5) is 10.5 Å². The van der Waals surface area contributed by atoms with E-state index in [-0.39, 0.29) is 5.91 Å². The van der Waals surface area contributed by atoms with Crippen molar-refractivity contribution < 1.29 is 19.1 Å². The van der Waals surface area contributed by atoms with Crippen LogP contribution in [0.1, 0.15) is 34.6 Å². The molecule has 0 unspecified atom stereocenters. The molecule has 2 amide bonds. The molecule has 0 saturated carbocycles. The van der Waals surface area contributed by atoms with E-state index >= 15 is 0 Å². The van der Waals surface area contributed by atoms with Gasteiger partial charge in [-0.25, -0.2) is 4.79 Å². The zero-order valence-electron chi connectivity index (χ0n) is 16.1. The number of ether oxygens (including phenoxy) is 2. The van der Waals surface area contributed by atoms with Crippen LogP contribution < -0.4 is 15.4 Å². The fraction of sp³-hybridized carbons (Fsp3) is 0.400. The number of alkyl carbamates (subject to hydrolysis) is 1. The predicted octanol–water partition coefficient (Wildman–Crippen LogP) is 4.09. The van der Waals surface area contributed by atoms with Gasteiger partial charge >= 0.3 is 6.09 Å². The number of carbonyl (C=O) groups is 2. The van der Waals surface area contributed by atoms with Gasteiger partial charge in [-0.2, -0.15) is 0 Å².